The van der Waals surface area contributed by atoms with Crippen LogP contribution in [0, 0.1) is 0 Å². The van der Waals surface area contributed by atoms with Gasteiger partial charge >= 0.3 is 12.4 Å². The van der Waals surface area contributed by atoms with Crippen LogP contribution in [-0.4, -0.2) is 33.7 Å². The molecule has 0 radical (unpaired) electrons. The van der Waals surface area contributed by atoms with E-state index in [2.05, 4.69) is 0 Å². The molecule has 0 aliphatic carbocycles. The molecule has 0 N–H and O–H groups in total. The average molecular weight is 455 g/mol. The summed E-state index contributed by atoms with van der Waals surface area (Å²) in [7, 11) is 0. The Kier molecular flexibility index (Phi) is 27.6. The van der Waals surface area contributed by atoms with E-state index in [1.807, 2.05) is 0 Å². The maximum Gasteiger partial charge on any atom is 0.397 e. The third-order valence-corrected chi connectivity index (χ3v) is 1.04. The first-order chi connectivity index (χ1) is 8.77. The third kappa shape index (κ3) is 91.6. The van der Waals surface area contributed by atoms with Crippen molar-refractivity contribution in [1.29, 1.82) is 0 Å². The van der Waals surface area contributed by atoms with Crippen LogP contribution in [0.4, 0.5) is 26.3 Å². The smallest absolute Gasteiger partial charge is 0.171 e. The van der Waals surface area contributed by atoms with E-state index in [0.29, 0.717) is 11.8 Å². The van der Waals surface area contributed by atoms with E-state index in [0.717, 1.165) is 0 Å². The molecule has 0 saturated carbocycles. The first kappa shape index (κ1) is 29.6. The molecule has 0 fully saturated rings. The lowest BCUT2D eigenvalue weighted by atomic mass is 10.4. The van der Waals surface area contributed by atoms with Crippen molar-refractivity contribution in [2.24, 2.45) is 0 Å². The minimum absolute atomic E-state index is 0.194. The first-order valence-electron chi connectivity index (χ1n) is 4.06. The number of rotatable bonds is 1. The van der Waals surface area contributed by atoms with E-state index in [-0.39, 0.29) is 5.34 Å². The molecule has 0 unspecified atom stereocenters. The zero-order chi connectivity index (χ0) is 17.4. The number of alkyl halides is 13. The van der Waals surface area contributed by atoms with Crippen LogP contribution in [0.2, 0.25) is 0 Å². The van der Waals surface area contributed by atoms with Gasteiger partial charge in [-0.3, -0.25) is 0 Å². The maximum atomic E-state index is 10.8. The van der Waals surface area contributed by atoms with Crippen LogP contribution in [0.1, 0.15) is 6.42 Å². The second-order valence-corrected chi connectivity index (χ2v) is 5.68. The SMILES string of the molecule is ClC(Cl)Cl.ClCCCl.ClCCl.FC(F)(F)CC(F)(F)F. The number of hydrogen-bond donors (Lipinski definition) is 0. The molecular formula is C7H9Cl7F6. The summed E-state index contributed by atoms with van der Waals surface area (Å²) in [5, 5.41) is 0.194. The molecule has 0 aliphatic rings. The predicted molar refractivity (Wildman–Crippen MR) is 76.1 cm³/mol. The fraction of sp³-hybridized carbons (Fsp3) is 1.00. The van der Waals surface area contributed by atoms with Crippen molar-refractivity contribution < 1.29 is 26.3 Å². The Hall–Kier alpha value is 1.61. The number of hydrogen-bond acceptors (Lipinski definition) is 0. The van der Waals surface area contributed by atoms with Crippen LogP contribution in [0.5, 0.6) is 0 Å². The van der Waals surface area contributed by atoms with E-state index in [9.17, 15) is 26.3 Å². The van der Waals surface area contributed by atoms with Crippen LogP contribution < -0.4 is 0 Å². The van der Waals surface area contributed by atoms with Gasteiger partial charge in [0.2, 0.25) is 0 Å². The van der Waals surface area contributed by atoms with E-state index in [4.69, 9.17) is 81.2 Å². The Morgan fingerprint density at radius 1 is 0.650 bits per heavy atom. The lowest BCUT2D eigenvalue weighted by Gasteiger charge is -2.08. The molecule has 128 valence electrons. The van der Waals surface area contributed by atoms with Crippen LogP contribution in [-0.2, 0) is 0 Å². The second-order valence-electron chi connectivity index (χ2n) is 2.13. The standard InChI is InChI=1S/C3H2F6.C2H4Cl2.CHCl3.CH2Cl2/c4-2(5,6)1-3(7,8)9;3-1-2-4;2-1(3)4;2-1-3/h1H2;1-2H2;1H;1H2. The largest absolute Gasteiger partial charge is 0.397 e. The van der Waals surface area contributed by atoms with Crippen molar-refractivity contribution in [3.8, 4) is 0 Å². The van der Waals surface area contributed by atoms with Gasteiger partial charge in [0.1, 0.15) is 6.42 Å². The molecule has 0 aromatic carbocycles. The van der Waals surface area contributed by atoms with E-state index in [1.165, 1.54) is 0 Å². The molecule has 0 amide bonds. The summed E-state index contributed by atoms with van der Waals surface area (Å²) in [5.41, 5.74) is 0. The highest BCUT2D eigenvalue weighted by molar-refractivity contribution is 6.63. The van der Waals surface area contributed by atoms with Crippen LogP contribution in [0.3, 0.4) is 0 Å². The molecule has 0 spiro atoms. The van der Waals surface area contributed by atoms with Gasteiger partial charge in [0.25, 0.3) is 0 Å². The zero-order valence-corrected chi connectivity index (χ0v) is 14.6. The van der Waals surface area contributed by atoms with E-state index < -0.39 is 23.1 Å². The Labute approximate surface area is 147 Å². The molecule has 0 rings (SSSR count). The highest BCUT2D eigenvalue weighted by Gasteiger charge is 2.43. The van der Waals surface area contributed by atoms with Gasteiger partial charge in [-0.1, -0.05) is 34.8 Å². The normalized spacial score (nSPS) is 10.5. The summed E-state index contributed by atoms with van der Waals surface area (Å²) in [4.78, 5) is 0. The van der Waals surface area contributed by atoms with Crippen molar-refractivity contribution in [3.05, 3.63) is 0 Å². The molecule has 0 saturated heterocycles. The summed E-state index contributed by atoms with van der Waals surface area (Å²) in [6, 6.07) is 0. The lowest BCUT2D eigenvalue weighted by Crippen LogP contribution is -2.20. The molecule has 0 aromatic rings. The van der Waals surface area contributed by atoms with Gasteiger partial charge in [0.05, 0.1) is 5.34 Å². The molecule has 0 aliphatic heterocycles. The minimum atomic E-state index is -5.14. The van der Waals surface area contributed by atoms with Crippen molar-refractivity contribution in [2.45, 2.75) is 23.1 Å². The first-order valence-corrected chi connectivity index (χ1v) is 7.51. The van der Waals surface area contributed by atoms with Gasteiger partial charge in [-0.25, -0.2) is 0 Å². The summed E-state index contributed by atoms with van der Waals surface area (Å²) in [6.45, 7) is 0. The zero-order valence-electron chi connectivity index (χ0n) is 9.32. The summed E-state index contributed by atoms with van der Waals surface area (Å²) < 4.78 is 64.2. The van der Waals surface area contributed by atoms with Crippen LogP contribution >= 0.6 is 81.2 Å². The fourth-order valence-electron chi connectivity index (χ4n) is 0.227. The molecule has 0 aromatic heterocycles. The molecule has 0 nitrogen and oxygen atoms in total. The highest BCUT2D eigenvalue weighted by atomic mass is 35.6. The Morgan fingerprint density at radius 3 is 0.800 bits per heavy atom. The van der Waals surface area contributed by atoms with Crippen LogP contribution in [0.15, 0.2) is 0 Å². The van der Waals surface area contributed by atoms with Gasteiger partial charge in [-0.05, 0) is 0 Å². The summed E-state index contributed by atoms with van der Waals surface area (Å²) >= 11 is 34.1. The minimum Gasteiger partial charge on any atom is -0.171 e. The molecular weight excluding hydrogens is 446 g/mol. The lowest BCUT2D eigenvalue weighted by molar-refractivity contribution is -0.232. The molecule has 20 heavy (non-hydrogen) atoms. The van der Waals surface area contributed by atoms with Crippen molar-refractivity contribution in [2.75, 3.05) is 17.1 Å². The van der Waals surface area contributed by atoms with Crippen molar-refractivity contribution in [3.63, 3.8) is 0 Å². The van der Waals surface area contributed by atoms with Crippen LogP contribution in [0.25, 0.3) is 0 Å². The Balaban J connectivity index is -0.0000000976. The van der Waals surface area contributed by atoms with Gasteiger partial charge in [-0.2, -0.15) is 26.3 Å². The topological polar surface area (TPSA) is 0 Å². The Morgan fingerprint density at radius 2 is 0.800 bits per heavy atom. The third-order valence-electron chi connectivity index (χ3n) is 0.472. The fourth-order valence-corrected chi connectivity index (χ4v) is 0.227. The van der Waals surface area contributed by atoms with Gasteiger partial charge in [0.15, 0.2) is 4.30 Å². The molecule has 0 bridgehead atoms. The van der Waals surface area contributed by atoms with Crippen molar-refractivity contribution >= 4 is 81.2 Å². The summed E-state index contributed by atoms with van der Waals surface area (Å²) in [6.07, 6.45) is -13.0. The van der Waals surface area contributed by atoms with E-state index in [1.54, 1.807) is 0 Å². The van der Waals surface area contributed by atoms with Gasteiger partial charge in [-0.15, -0.1) is 46.4 Å². The molecule has 0 heterocycles. The quantitative estimate of drug-likeness (QED) is 0.286. The molecule has 0 atom stereocenters. The van der Waals surface area contributed by atoms with Crippen molar-refractivity contribution in [1.82, 2.24) is 0 Å². The number of halogens is 13. The Bertz CT molecular complexity index is 155. The molecule has 13 heteroatoms. The highest BCUT2D eigenvalue weighted by Crippen LogP contribution is 2.31. The average Bonchev–Trinajstić information content (AvgIpc) is 2.12. The second kappa shape index (κ2) is 18.7. The maximum absolute atomic E-state index is 10.8. The van der Waals surface area contributed by atoms with Gasteiger partial charge in [0, 0.05) is 11.8 Å². The summed E-state index contributed by atoms with van der Waals surface area (Å²) in [5.74, 6) is 1.11. The van der Waals surface area contributed by atoms with Gasteiger partial charge < -0.3 is 0 Å². The van der Waals surface area contributed by atoms with E-state index >= 15 is 0 Å². The predicted octanol–water partition coefficient (Wildman–Crippen LogP) is 7.37. The monoisotopic (exact) mass is 452 g/mol.